The van der Waals surface area contributed by atoms with Crippen LogP contribution in [0.15, 0.2) is 54.7 Å². The van der Waals surface area contributed by atoms with Gasteiger partial charge in [-0.15, -0.1) is 0 Å². The van der Waals surface area contributed by atoms with Crippen molar-refractivity contribution in [2.75, 3.05) is 42.9 Å². The van der Waals surface area contributed by atoms with Gasteiger partial charge in [0.25, 0.3) is 5.92 Å². The van der Waals surface area contributed by atoms with Gasteiger partial charge in [0.1, 0.15) is 23.8 Å². The topological polar surface area (TPSA) is 80.1 Å². The van der Waals surface area contributed by atoms with E-state index in [0.29, 0.717) is 62.6 Å². The number of nitrogens with zero attached hydrogens (tertiary/aromatic N) is 5. The fourth-order valence-corrected chi connectivity index (χ4v) is 6.62. The van der Waals surface area contributed by atoms with Crippen LogP contribution in [0.25, 0.3) is 6.08 Å². The van der Waals surface area contributed by atoms with Gasteiger partial charge in [0, 0.05) is 42.5 Å². The first-order valence-corrected chi connectivity index (χ1v) is 15.2. The molecule has 8 bridgehead atoms. The number of alkyl halides is 2. The Kier molecular flexibility index (Phi) is 7.71. The zero-order valence-electron chi connectivity index (χ0n) is 24.6. The molecule has 10 heteroatoms. The summed E-state index contributed by atoms with van der Waals surface area (Å²) in [7, 11) is 0. The Morgan fingerprint density at radius 3 is 2.58 bits per heavy atom. The van der Waals surface area contributed by atoms with Gasteiger partial charge in [0.05, 0.1) is 28.7 Å². The Hall–Kier alpha value is -3.84. The predicted molar refractivity (Wildman–Crippen MR) is 162 cm³/mol. The number of rotatable bonds is 1. The molecule has 1 saturated carbocycles. The number of nitriles is 1. The van der Waals surface area contributed by atoms with E-state index in [-0.39, 0.29) is 5.56 Å². The van der Waals surface area contributed by atoms with Crippen molar-refractivity contribution in [1.29, 1.82) is 5.26 Å². The van der Waals surface area contributed by atoms with E-state index in [2.05, 4.69) is 44.7 Å². The minimum atomic E-state index is -3.29. The lowest BCUT2D eigenvalue weighted by Gasteiger charge is -2.36. The van der Waals surface area contributed by atoms with Crippen molar-refractivity contribution >= 4 is 17.7 Å². The maximum atomic E-state index is 15.9. The molecule has 1 aromatic heterocycles. The van der Waals surface area contributed by atoms with Gasteiger partial charge in [-0.3, -0.25) is 0 Å². The highest BCUT2D eigenvalue weighted by Crippen LogP contribution is 2.56. The van der Waals surface area contributed by atoms with Gasteiger partial charge in [-0.05, 0) is 70.2 Å². The van der Waals surface area contributed by atoms with Crippen molar-refractivity contribution in [3.8, 4) is 6.07 Å². The third-order valence-corrected chi connectivity index (χ3v) is 9.49. The van der Waals surface area contributed by atoms with E-state index < -0.39 is 34.7 Å². The third kappa shape index (κ3) is 5.40. The zero-order valence-corrected chi connectivity index (χ0v) is 24.6. The molecule has 1 saturated heterocycles. The standard InChI is InChI=1S/C33H38F3N7/c1-21-8-15-42-16-9-24(10-17-42)33(35,36)27-7-4-6-25(29(27)34)22(2)41-30-26-18-28(32(19-37)11-12-32)23(3)43(14-5-13-38-21)31(26)40-20-39-30/h4,6-7,18,20,22,24,38H,1,3,5,8-17H2,2H3,(H,39,40,41)/t22-/m1/s1. The molecule has 0 spiro atoms. The van der Waals surface area contributed by atoms with Crippen LogP contribution in [-0.4, -0.2) is 47.6 Å². The molecule has 43 heavy (non-hydrogen) atoms. The van der Waals surface area contributed by atoms with E-state index in [1.54, 1.807) is 13.0 Å². The Balaban J connectivity index is 1.39. The number of hydrogen-bond acceptors (Lipinski definition) is 7. The molecule has 5 aliphatic rings. The smallest absolute Gasteiger partial charge is 0.278 e. The van der Waals surface area contributed by atoms with E-state index in [0.717, 1.165) is 42.8 Å². The summed E-state index contributed by atoms with van der Waals surface area (Å²) in [5.74, 6) is -4.03. The first-order valence-electron chi connectivity index (χ1n) is 15.2. The number of hydrogen-bond donors (Lipinski definition) is 2. The largest absolute Gasteiger partial charge is 0.389 e. The van der Waals surface area contributed by atoms with Crippen LogP contribution in [0.1, 0.15) is 68.2 Å². The fraction of sp³-hybridized carbons (Fsp3) is 0.485. The molecule has 226 valence electrons. The molecule has 4 aliphatic heterocycles. The number of allylic oxidation sites excluding steroid dienone is 1. The van der Waals surface area contributed by atoms with E-state index in [9.17, 15) is 5.26 Å². The van der Waals surface area contributed by atoms with Crippen LogP contribution in [-0.2, 0) is 5.92 Å². The Morgan fingerprint density at radius 1 is 1.09 bits per heavy atom. The number of piperidine rings is 1. The molecular weight excluding hydrogens is 551 g/mol. The number of fused-ring (bicyclic) bond motifs is 9. The lowest BCUT2D eigenvalue weighted by molar-refractivity contribution is -0.0879. The minimum absolute atomic E-state index is 0.148. The monoisotopic (exact) mass is 589 g/mol. The lowest BCUT2D eigenvalue weighted by Crippen LogP contribution is -2.40. The average Bonchev–Trinajstić information content (AvgIpc) is 3.80. The van der Waals surface area contributed by atoms with Crippen LogP contribution in [0.5, 0.6) is 0 Å². The summed E-state index contributed by atoms with van der Waals surface area (Å²) >= 11 is 0. The molecule has 1 aromatic carbocycles. The summed E-state index contributed by atoms with van der Waals surface area (Å²) in [6, 6.07) is 6.08. The quantitative estimate of drug-likeness (QED) is 0.393. The third-order valence-electron chi connectivity index (χ3n) is 9.49. The number of benzene rings is 1. The summed E-state index contributed by atoms with van der Waals surface area (Å²) in [6.45, 7) is 13.4. The molecule has 0 unspecified atom stereocenters. The lowest BCUT2D eigenvalue weighted by atomic mass is 9.85. The van der Waals surface area contributed by atoms with E-state index >= 15 is 13.2 Å². The second-order valence-electron chi connectivity index (χ2n) is 12.3. The van der Waals surface area contributed by atoms with Crippen LogP contribution in [0.3, 0.4) is 0 Å². The van der Waals surface area contributed by atoms with Crippen LogP contribution >= 0.6 is 0 Å². The molecule has 2 fully saturated rings. The Bertz CT molecular complexity index is 1500. The molecule has 1 aliphatic carbocycles. The number of nitrogens with one attached hydrogen (secondary N) is 2. The molecule has 2 aromatic rings. The molecule has 5 heterocycles. The average molecular weight is 590 g/mol. The maximum Gasteiger partial charge on any atom is 0.278 e. The molecule has 1 atom stereocenters. The normalized spacial score (nSPS) is 26.7. The van der Waals surface area contributed by atoms with Crippen molar-refractivity contribution in [3.63, 3.8) is 0 Å². The second kappa shape index (κ2) is 11.3. The molecular formula is C33H38F3N7. The van der Waals surface area contributed by atoms with E-state index in [1.165, 1.54) is 18.5 Å². The molecule has 0 radical (unpaired) electrons. The predicted octanol–water partition coefficient (Wildman–Crippen LogP) is 6.51. The number of aromatic nitrogens is 2. The molecule has 7 nitrogen and oxygen atoms in total. The van der Waals surface area contributed by atoms with E-state index in [4.69, 9.17) is 0 Å². The van der Waals surface area contributed by atoms with Crippen molar-refractivity contribution < 1.29 is 13.2 Å². The van der Waals surface area contributed by atoms with Gasteiger partial charge >= 0.3 is 0 Å². The Morgan fingerprint density at radius 2 is 1.86 bits per heavy atom. The van der Waals surface area contributed by atoms with Gasteiger partial charge in [0.15, 0.2) is 0 Å². The SMILES string of the molecule is C=C1CCN2CCC(CC2)C(F)(F)c2cccc(c2F)[C@@H](C)Nc2ncnc3c2C=C(C2(C#N)CC2)C(=C)N3CCCN1. The highest BCUT2D eigenvalue weighted by atomic mass is 19.3. The summed E-state index contributed by atoms with van der Waals surface area (Å²) in [4.78, 5) is 13.3. The van der Waals surface area contributed by atoms with E-state index in [1.807, 2.05) is 11.0 Å². The molecule has 7 rings (SSSR count). The first kappa shape index (κ1) is 29.2. The number of anilines is 2. The van der Waals surface area contributed by atoms with Gasteiger partial charge in [0.2, 0.25) is 0 Å². The minimum Gasteiger partial charge on any atom is -0.389 e. The van der Waals surface area contributed by atoms with Crippen molar-refractivity contribution in [2.24, 2.45) is 11.3 Å². The van der Waals surface area contributed by atoms with Crippen LogP contribution < -0.4 is 15.5 Å². The Labute approximate surface area is 251 Å². The second-order valence-corrected chi connectivity index (χ2v) is 12.3. The highest BCUT2D eigenvalue weighted by Gasteiger charge is 2.50. The molecule has 0 amide bonds. The van der Waals surface area contributed by atoms with Gasteiger partial charge in [-0.2, -0.15) is 5.26 Å². The van der Waals surface area contributed by atoms with Gasteiger partial charge < -0.3 is 20.4 Å². The van der Waals surface area contributed by atoms with Crippen LogP contribution in [0, 0.1) is 28.5 Å². The summed E-state index contributed by atoms with van der Waals surface area (Å²) < 4.78 is 47.6. The van der Waals surface area contributed by atoms with Crippen LogP contribution in [0.2, 0.25) is 0 Å². The van der Waals surface area contributed by atoms with Crippen LogP contribution in [0.4, 0.5) is 24.8 Å². The maximum absolute atomic E-state index is 15.9. The van der Waals surface area contributed by atoms with Crippen molar-refractivity contribution in [3.05, 3.63) is 77.2 Å². The van der Waals surface area contributed by atoms with Crippen molar-refractivity contribution in [2.45, 2.75) is 57.4 Å². The fourth-order valence-electron chi connectivity index (χ4n) is 6.62. The molecule has 2 N–H and O–H groups in total. The first-order chi connectivity index (χ1) is 20.6. The highest BCUT2D eigenvalue weighted by molar-refractivity contribution is 5.84. The summed E-state index contributed by atoms with van der Waals surface area (Å²) in [6.07, 6.45) is 6.94. The van der Waals surface area contributed by atoms with Gasteiger partial charge in [-0.1, -0.05) is 31.4 Å². The van der Waals surface area contributed by atoms with Crippen molar-refractivity contribution in [1.82, 2.24) is 20.2 Å². The summed E-state index contributed by atoms with van der Waals surface area (Å²) in [5.41, 5.74) is 2.14. The summed E-state index contributed by atoms with van der Waals surface area (Å²) in [5, 5.41) is 16.7. The number of halogens is 3. The van der Waals surface area contributed by atoms with Gasteiger partial charge in [-0.25, -0.2) is 23.1 Å². The zero-order chi connectivity index (χ0) is 30.4.